The number of nitrogens with one attached hydrogen (secondary N) is 1. The zero-order chi connectivity index (χ0) is 17.0. The molecule has 126 valence electrons. The van der Waals surface area contributed by atoms with Crippen LogP contribution in [0.3, 0.4) is 0 Å². The summed E-state index contributed by atoms with van der Waals surface area (Å²) in [4.78, 5) is 13.0. The molecule has 0 radical (unpaired) electrons. The van der Waals surface area contributed by atoms with Crippen molar-refractivity contribution in [2.75, 3.05) is 13.2 Å². The van der Waals surface area contributed by atoms with Gasteiger partial charge in [-0.05, 0) is 45.2 Å². The molecular formula is C16H26ClNO3S. The maximum Gasteiger partial charge on any atom is 0.407 e. The lowest BCUT2D eigenvalue weighted by molar-refractivity contribution is 0.0396. The van der Waals surface area contributed by atoms with E-state index in [4.69, 9.17) is 16.3 Å². The minimum absolute atomic E-state index is 0.0179. The first kappa shape index (κ1) is 19.3. The minimum Gasteiger partial charge on any atom is -0.444 e. The van der Waals surface area contributed by atoms with E-state index in [9.17, 15) is 9.90 Å². The van der Waals surface area contributed by atoms with Crippen molar-refractivity contribution in [3.63, 3.8) is 0 Å². The van der Waals surface area contributed by atoms with Crippen LogP contribution in [0.1, 0.15) is 39.5 Å². The van der Waals surface area contributed by atoms with Crippen molar-refractivity contribution in [2.45, 2.75) is 46.6 Å². The number of carbonyl (C=O) groups excluding carboxylic acids is 1. The average molecular weight is 348 g/mol. The summed E-state index contributed by atoms with van der Waals surface area (Å²) in [7, 11) is 0. The Morgan fingerprint density at radius 3 is 2.45 bits per heavy atom. The van der Waals surface area contributed by atoms with Gasteiger partial charge in [0.25, 0.3) is 0 Å². The minimum atomic E-state index is -0.537. The molecule has 1 rings (SSSR count). The molecule has 0 saturated heterocycles. The van der Waals surface area contributed by atoms with Gasteiger partial charge in [0.2, 0.25) is 0 Å². The van der Waals surface area contributed by atoms with Gasteiger partial charge < -0.3 is 15.2 Å². The highest BCUT2D eigenvalue weighted by Gasteiger charge is 2.35. The topological polar surface area (TPSA) is 58.6 Å². The number of rotatable bonds is 6. The Hall–Kier alpha value is -0.780. The normalized spacial score (nSPS) is 14.7. The van der Waals surface area contributed by atoms with E-state index in [2.05, 4.69) is 5.32 Å². The van der Waals surface area contributed by atoms with Crippen molar-refractivity contribution >= 4 is 29.0 Å². The van der Waals surface area contributed by atoms with Gasteiger partial charge in [-0.25, -0.2) is 4.79 Å². The Bertz CT molecular complexity index is 496. The van der Waals surface area contributed by atoms with Gasteiger partial charge >= 0.3 is 6.09 Å². The first-order valence-electron chi connectivity index (χ1n) is 7.40. The lowest BCUT2D eigenvalue weighted by Gasteiger charge is -2.36. The van der Waals surface area contributed by atoms with Crippen molar-refractivity contribution < 1.29 is 14.6 Å². The molecular weight excluding hydrogens is 322 g/mol. The summed E-state index contributed by atoms with van der Waals surface area (Å²) in [6.45, 7) is 9.89. The number of ether oxygens (including phenoxy) is 1. The van der Waals surface area contributed by atoms with Crippen LogP contribution in [0.25, 0.3) is 0 Å². The first-order chi connectivity index (χ1) is 10.1. The maximum absolute atomic E-state index is 11.9. The average Bonchev–Trinajstić information content (AvgIpc) is 2.77. The number of alkyl carbamates (subject to hydrolysis) is 1. The zero-order valence-electron chi connectivity index (χ0n) is 13.9. The van der Waals surface area contributed by atoms with Crippen LogP contribution in [-0.4, -0.2) is 30.0 Å². The lowest BCUT2D eigenvalue weighted by Crippen LogP contribution is -2.46. The van der Waals surface area contributed by atoms with Gasteiger partial charge in [0.1, 0.15) is 5.60 Å². The van der Waals surface area contributed by atoms with Gasteiger partial charge in [0.05, 0.1) is 10.9 Å². The first-order valence-corrected chi connectivity index (χ1v) is 8.59. The van der Waals surface area contributed by atoms with Crippen molar-refractivity contribution in [3.8, 4) is 0 Å². The quantitative estimate of drug-likeness (QED) is 0.814. The molecule has 0 fully saturated rings. The van der Waals surface area contributed by atoms with Crippen LogP contribution >= 0.6 is 22.9 Å². The van der Waals surface area contributed by atoms with Crippen LogP contribution in [-0.2, 0) is 11.2 Å². The lowest BCUT2D eigenvalue weighted by atomic mass is 9.74. The molecule has 4 nitrogen and oxygen atoms in total. The Morgan fingerprint density at radius 2 is 2.05 bits per heavy atom. The van der Waals surface area contributed by atoms with Gasteiger partial charge in [0, 0.05) is 16.8 Å². The van der Waals surface area contributed by atoms with Crippen LogP contribution in [0.4, 0.5) is 4.79 Å². The summed E-state index contributed by atoms with van der Waals surface area (Å²) in [5, 5.41) is 12.7. The molecule has 0 aliphatic heterocycles. The summed E-state index contributed by atoms with van der Waals surface area (Å²) < 4.78 is 5.99. The SMILES string of the molecule is CC(C)C(CO)(CNC(=O)OC(C)(C)C)Cc1ccc(Cl)s1. The third-order valence-electron chi connectivity index (χ3n) is 3.68. The van der Waals surface area contributed by atoms with Crippen LogP contribution in [0, 0.1) is 11.3 Å². The molecule has 0 aliphatic carbocycles. The van der Waals surface area contributed by atoms with E-state index in [0.717, 1.165) is 9.21 Å². The maximum atomic E-state index is 11.9. The highest BCUT2D eigenvalue weighted by atomic mass is 35.5. The molecule has 0 aromatic carbocycles. The zero-order valence-corrected chi connectivity index (χ0v) is 15.5. The second-order valence-corrected chi connectivity index (χ2v) is 8.71. The van der Waals surface area contributed by atoms with E-state index >= 15 is 0 Å². The second-order valence-electron chi connectivity index (χ2n) is 6.91. The fourth-order valence-electron chi connectivity index (χ4n) is 2.12. The Morgan fingerprint density at radius 1 is 1.41 bits per heavy atom. The summed E-state index contributed by atoms with van der Waals surface area (Å²) in [5.41, 5.74) is -0.976. The number of thiophene rings is 1. The Kier molecular flexibility index (Phi) is 6.71. The highest BCUT2D eigenvalue weighted by molar-refractivity contribution is 7.16. The van der Waals surface area contributed by atoms with E-state index < -0.39 is 17.1 Å². The number of hydrogen-bond acceptors (Lipinski definition) is 4. The van der Waals surface area contributed by atoms with Gasteiger partial charge in [0.15, 0.2) is 0 Å². The Labute approximate surface area is 141 Å². The molecule has 1 aromatic heterocycles. The van der Waals surface area contributed by atoms with E-state index in [1.54, 1.807) is 0 Å². The standard InChI is InChI=1S/C16H26ClNO3S/c1-11(2)16(10-19,8-12-6-7-13(17)22-12)9-18-14(20)21-15(3,4)5/h6-7,11,19H,8-10H2,1-5H3,(H,18,20). The molecule has 0 bridgehead atoms. The number of hydrogen-bond donors (Lipinski definition) is 2. The van der Waals surface area contributed by atoms with Crippen LogP contribution in [0.15, 0.2) is 12.1 Å². The number of halogens is 1. The fourth-order valence-corrected chi connectivity index (χ4v) is 3.36. The monoisotopic (exact) mass is 347 g/mol. The largest absolute Gasteiger partial charge is 0.444 e. The van der Waals surface area contributed by atoms with E-state index in [1.807, 2.05) is 46.8 Å². The molecule has 1 amide bonds. The predicted molar refractivity (Wildman–Crippen MR) is 91.6 cm³/mol. The van der Waals surface area contributed by atoms with Gasteiger partial charge in [-0.3, -0.25) is 0 Å². The predicted octanol–water partition coefficient (Wildman–Crippen LogP) is 4.10. The van der Waals surface area contributed by atoms with Gasteiger partial charge in [-0.15, -0.1) is 11.3 Å². The molecule has 1 atom stereocenters. The van der Waals surface area contributed by atoms with E-state index in [-0.39, 0.29) is 12.5 Å². The van der Waals surface area contributed by atoms with Crippen molar-refractivity contribution in [1.82, 2.24) is 5.32 Å². The summed E-state index contributed by atoms with van der Waals surface area (Å²) >= 11 is 7.48. The van der Waals surface area contributed by atoms with Crippen LogP contribution in [0.5, 0.6) is 0 Å². The fraction of sp³-hybridized carbons (Fsp3) is 0.688. The Balaban J connectivity index is 2.77. The molecule has 0 spiro atoms. The van der Waals surface area contributed by atoms with Crippen molar-refractivity contribution in [2.24, 2.45) is 11.3 Å². The molecule has 0 saturated carbocycles. The second kappa shape index (κ2) is 7.66. The van der Waals surface area contributed by atoms with E-state index in [0.29, 0.717) is 13.0 Å². The molecule has 1 unspecified atom stereocenters. The summed E-state index contributed by atoms with van der Waals surface area (Å²) in [6.07, 6.45) is 0.198. The van der Waals surface area contributed by atoms with E-state index in [1.165, 1.54) is 11.3 Å². The van der Waals surface area contributed by atoms with Crippen LogP contribution in [0.2, 0.25) is 4.34 Å². The van der Waals surface area contributed by atoms with Crippen LogP contribution < -0.4 is 5.32 Å². The van der Waals surface area contributed by atoms with Crippen molar-refractivity contribution in [1.29, 1.82) is 0 Å². The summed E-state index contributed by atoms with van der Waals surface area (Å²) in [6, 6.07) is 3.82. The number of aliphatic hydroxyl groups is 1. The van der Waals surface area contributed by atoms with Gasteiger partial charge in [-0.1, -0.05) is 25.4 Å². The molecule has 2 N–H and O–H groups in total. The highest BCUT2D eigenvalue weighted by Crippen LogP contribution is 2.34. The number of carbonyl (C=O) groups is 1. The third kappa shape index (κ3) is 5.78. The smallest absolute Gasteiger partial charge is 0.407 e. The number of amides is 1. The molecule has 0 aliphatic rings. The third-order valence-corrected chi connectivity index (χ3v) is 4.91. The summed E-state index contributed by atoms with van der Waals surface area (Å²) in [5.74, 6) is 0.188. The molecule has 6 heteroatoms. The molecule has 1 aromatic rings. The molecule has 22 heavy (non-hydrogen) atoms. The molecule has 1 heterocycles. The number of aliphatic hydroxyl groups excluding tert-OH is 1. The van der Waals surface area contributed by atoms with Crippen molar-refractivity contribution in [3.05, 3.63) is 21.3 Å². The van der Waals surface area contributed by atoms with Gasteiger partial charge in [-0.2, -0.15) is 0 Å².